The molecule has 2 rings (SSSR count). The van der Waals surface area contributed by atoms with Crippen LogP contribution >= 0.6 is 0 Å². The Balaban J connectivity index is 2.09. The van der Waals surface area contributed by atoms with E-state index in [0.717, 1.165) is 25.3 Å². The van der Waals surface area contributed by atoms with E-state index < -0.39 is 0 Å². The van der Waals surface area contributed by atoms with Crippen LogP contribution in [0.4, 0.5) is 0 Å². The Morgan fingerprint density at radius 3 is 2.85 bits per heavy atom. The van der Waals surface area contributed by atoms with Crippen molar-refractivity contribution in [3.8, 4) is 5.75 Å². The first kappa shape index (κ1) is 15.1. The first-order valence-electron chi connectivity index (χ1n) is 7.56. The molecule has 20 heavy (non-hydrogen) atoms. The van der Waals surface area contributed by atoms with Gasteiger partial charge in [-0.05, 0) is 38.8 Å². The van der Waals surface area contributed by atoms with Gasteiger partial charge in [0.05, 0.1) is 0 Å². The third-order valence-corrected chi connectivity index (χ3v) is 3.48. The van der Waals surface area contributed by atoms with Gasteiger partial charge in [0.1, 0.15) is 11.4 Å². The molecule has 0 fully saturated rings. The molecule has 0 radical (unpaired) electrons. The zero-order valence-corrected chi connectivity index (χ0v) is 13.4. The molecule has 2 heteroatoms. The van der Waals surface area contributed by atoms with E-state index in [1.54, 1.807) is 0 Å². The van der Waals surface area contributed by atoms with Gasteiger partial charge in [0.15, 0.2) is 0 Å². The lowest BCUT2D eigenvalue weighted by molar-refractivity contribution is 0.138. The summed E-state index contributed by atoms with van der Waals surface area (Å²) in [6, 6.07) is 6.45. The topological polar surface area (TPSA) is 21.3 Å². The monoisotopic (exact) mass is 273 g/mol. The molecule has 0 unspecified atom stereocenters. The van der Waals surface area contributed by atoms with Crippen molar-refractivity contribution in [1.29, 1.82) is 0 Å². The first-order valence-corrected chi connectivity index (χ1v) is 7.56. The molecule has 1 heterocycles. The Hall–Kier alpha value is -1.28. The van der Waals surface area contributed by atoms with Gasteiger partial charge in [0.25, 0.3) is 0 Å². The fraction of sp³-hybridized carbons (Fsp3) is 0.556. The zero-order valence-electron chi connectivity index (χ0n) is 13.4. The van der Waals surface area contributed by atoms with E-state index in [2.05, 4.69) is 64.2 Å². The van der Waals surface area contributed by atoms with Crippen molar-refractivity contribution in [2.24, 2.45) is 5.92 Å². The molecule has 1 aliphatic rings. The maximum Gasteiger partial charge on any atom is 0.130 e. The van der Waals surface area contributed by atoms with E-state index >= 15 is 0 Å². The van der Waals surface area contributed by atoms with Crippen LogP contribution in [-0.4, -0.2) is 18.7 Å². The largest absolute Gasteiger partial charge is 0.487 e. The molecule has 1 aliphatic heterocycles. The Bertz CT molecular complexity index is 500. The summed E-state index contributed by atoms with van der Waals surface area (Å²) >= 11 is 0. The predicted octanol–water partition coefficient (Wildman–Crippen LogP) is 4.05. The lowest BCUT2D eigenvalue weighted by Gasteiger charge is -2.17. The van der Waals surface area contributed by atoms with Crippen LogP contribution in [0.2, 0.25) is 0 Å². The van der Waals surface area contributed by atoms with Crippen LogP contribution in [0.3, 0.4) is 0 Å². The highest BCUT2D eigenvalue weighted by atomic mass is 16.5. The minimum Gasteiger partial charge on any atom is -0.487 e. The molecule has 110 valence electrons. The van der Waals surface area contributed by atoms with Crippen LogP contribution in [0.25, 0.3) is 6.08 Å². The van der Waals surface area contributed by atoms with E-state index in [9.17, 15) is 0 Å². The second kappa shape index (κ2) is 6.01. The fourth-order valence-electron chi connectivity index (χ4n) is 2.63. The summed E-state index contributed by atoms with van der Waals surface area (Å²) in [5.41, 5.74) is 3.80. The summed E-state index contributed by atoms with van der Waals surface area (Å²) in [5, 5.41) is 3.48. The van der Waals surface area contributed by atoms with E-state index in [0.29, 0.717) is 5.92 Å². The Kier molecular flexibility index (Phi) is 4.54. The summed E-state index contributed by atoms with van der Waals surface area (Å²) in [6.45, 7) is 12.9. The summed E-state index contributed by atoms with van der Waals surface area (Å²) in [5.74, 6) is 1.76. The number of fused-ring (bicyclic) bond motifs is 1. The predicted molar refractivity (Wildman–Crippen MR) is 86.2 cm³/mol. The van der Waals surface area contributed by atoms with Crippen LogP contribution in [0.15, 0.2) is 23.8 Å². The van der Waals surface area contributed by atoms with E-state index in [-0.39, 0.29) is 5.60 Å². The van der Waals surface area contributed by atoms with Gasteiger partial charge in [-0.25, -0.2) is 0 Å². The SMILES string of the molecule is CC(=Cc1cccc2c1OC(C)(C)C2)CNCC(C)C. The third kappa shape index (κ3) is 3.86. The zero-order chi connectivity index (χ0) is 14.8. The smallest absolute Gasteiger partial charge is 0.130 e. The Morgan fingerprint density at radius 2 is 2.15 bits per heavy atom. The van der Waals surface area contributed by atoms with Crippen LogP contribution in [-0.2, 0) is 6.42 Å². The standard InChI is InChI=1S/C18H27NO/c1-13(2)11-19-12-14(3)9-15-7-6-8-16-10-18(4,5)20-17(15)16/h6-9,13,19H,10-12H2,1-5H3. The molecule has 1 aromatic rings. The second-order valence-electron chi connectivity index (χ2n) is 6.89. The van der Waals surface area contributed by atoms with Gasteiger partial charge < -0.3 is 10.1 Å². The van der Waals surface area contributed by atoms with Crippen molar-refractivity contribution < 1.29 is 4.74 Å². The highest BCUT2D eigenvalue weighted by Crippen LogP contribution is 2.38. The number of benzene rings is 1. The summed E-state index contributed by atoms with van der Waals surface area (Å²) in [7, 11) is 0. The van der Waals surface area contributed by atoms with Gasteiger partial charge >= 0.3 is 0 Å². The van der Waals surface area contributed by atoms with Gasteiger partial charge in [-0.3, -0.25) is 0 Å². The van der Waals surface area contributed by atoms with Gasteiger partial charge in [0.2, 0.25) is 0 Å². The van der Waals surface area contributed by atoms with Gasteiger partial charge in [-0.15, -0.1) is 0 Å². The van der Waals surface area contributed by atoms with Gasteiger partial charge in [-0.1, -0.05) is 43.7 Å². The summed E-state index contributed by atoms with van der Waals surface area (Å²) in [6.07, 6.45) is 3.24. The average molecular weight is 273 g/mol. The highest BCUT2D eigenvalue weighted by Gasteiger charge is 2.31. The molecule has 1 N–H and O–H groups in total. The summed E-state index contributed by atoms with van der Waals surface area (Å²) in [4.78, 5) is 0. The number of ether oxygens (including phenoxy) is 1. The number of hydrogen-bond acceptors (Lipinski definition) is 2. The normalized spacial score (nSPS) is 17.2. The fourth-order valence-corrected chi connectivity index (χ4v) is 2.63. The molecule has 1 aromatic carbocycles. The quantitative estimate of drug-likeness (QED) is 0.874. The van der Waals surface area contributed by atoms with Crippen LogP contribution in [0.5, 0.6) is 5.75 Å². The van der Waals surface area contributed by atoms with Crippen molar-refractivity contribution in [2.45, 2.75) is 46.6 Å². The van der Waals surface area contributed by atoms with Gasteiger partial charge in [0, 0.05) is 18.5 Å². The van der Waals surface area contributed by atoms with Crippen molar-refractivity contribution >= 4 is 6.08 Å². The first-order chi connectivity index (χ1) is 9.37. The van der Waals surface area contributed by atoms with E-state index in [4.69, 9.17) is 4.74 Å². The maximum atomic E-state index is 6.10. The van der Waals surface area contributed by atoms with Crippen LogP contribution in [0.1, 0.15) is 45.7 Å². The Morgan fingerprint density at radius 1 is 1.40 bits per heavy atom. The molecular formula is C18H27NO. The van der Waals surface area contributed by atoms with E-state index in [1.165, 1.54) is 16.7 Å². The highest BCUT2D eigenvalue weighted by molar-refractivity contribution is 5.63. The average Bonchev–Trinajstić information content (AvgIpc) is 2.64. The maximum absolute atomic E-state index is 6.10. The van der Waals surface area contributed by atoms with Crippen LogP contribution < -0.4 is 10.1 Å². The molecule has 0 bridgehead atoms. The molecule has 2 nitrogen and oxygen atoms in total. The van der Waals surface area contributed by atoms with Crippen molar-refractivity contribution in [2.75, 3.05) is 13.1 Å². The third-order valence-electron chi connectivity index (χ3n) is 3.48. The Labute approximate surface area is 123 Å². The lowest BCUT2D eigenvalue weighted by Crippen LogP contribution is -2.24. The second-order valence-corrected chi connectivity index (χ2v) is 6.89. The number of hydrogen-bond donors (Lipinski definition) is 1. The molecule has 0 aliphatic carbocycles. The van der Waals surface area contributed by atoms with Crippen molar-refractivity contribution in [1.82, 2.24) is 5.32 Å². The molecule has 0 saturated heterocycles. The van der Waals surface area contributed by atoms with Crippen molar-refractivity contribution in [3.05, 3.63) is 34.9 Å². The lowest BCUT2D eigenvalue weighted by atomic mass is 10.00. The number of nitrogens with one attached hydrogen (secondary N) is 1. The van der Waals surface area contributed by atoms with Crippen LogP contribution in [0, 0.1) is 5.92 Å². The number of para-hydroxylation sites is 1. The van der Waals surface area contributed by atoms with E-state index in [1.807, 2.05) is 0 Å². The van der Waals surface area contributed by atoms with Gasteiger partial charge in [-0.2, -0.15) is 0 Å². The summed E-state index contributed by atoms with van der Waals surface area (Å²) < 4.78 is 6.10. The molecular weight excluding hydrogens is 246 g/mol. The molecule has 0 atom stereocenters. The minimum absolute atomic E-state index is 0.0733. The molecule has 0 saturated carbocycles. The van der Waals surface area contributed by atoms with Crippen molar-refractivity contribution in [3.63, 3.8) is 0 Å². The number of rotatable bonds is 5. The molecule has 0 spiro atoms. The molecule has 0 aromatic heterocycles. The molecule has 0 amide bonds. The minimum atomic E-state index is -0.0733.